The maximum atomic E-state index is 12.3. The quantitative estimate of drug-likeness (QED) is 0.529. The Bertz CT molecular complexity index is 1040. The number of rotatable bonds is 7. The Kier molecular flexibility index (Phi) is 4.91. The van der Waals surface area contributed by atoms with Gasteiger partial charge in [-0.2, -0.15) is 5.10 Å². The Hall–Kier alpha value is -3.48. The smallest absolute Gasteiger partial charge is 0.226 e. The summed E-state index contributed by atoms with van der Waals surface area (Å²) in [6, 6.07) is 18.0. The van der Waals surface area contributed by atoms with Crippen molar-refractivity contribution in [3.63, 3.8) is 0 Å². The van der Waals surface area contributed by atoms with Crippen molar-refractivity contribution in [3.05, 3.63) is 78.0 Å². The van der Waals surface area contributed by atoms with Crippen molar-refractivity contribution in [2.75, 3.05) is 0 Å². The summed E-state index contributed by atoms with van der Waals surface area (Å²) < 4.78 is 1.97. The zero-order valence-corrected chi connectivity index (χ0v) is 14.8. The van der Waals surface area contributed by atoms with Crippen molar-refractivity contribution in [2.45, 2.75) is 25.9 Å². The van der Waals surface area contributed by atoms with E-state index in [1.54, 1.807) is 6.33 Å². The summed E-state index contributed by atoms with van der Waals surface area (Å²) in [5.74, 6) is 0.663. The Labute approximate surface area is 156 Å². The summed E-state index contributed by atoms with van der Waals surface area (Å²) in [4.78, 5) is 12.3. The second-order valence-corrected chi connectivity index (χ2v) is 6.35. The number of nitrogens with zero attached hydrogens (tertiary/aromatic N) is 4. The van der Waals surface area contributed by atoms with E-state index < -0.39 is 0 Å². The number of hydrogen-bond acceptors (Lipinski definition) is 4. The fourth-order valence-electron chi connectivity index (χ4n) is 3.05. The number of fused-ring (bicyclic) bond motifs is 1. The third-order valence-electron chi connectivity index (χ3n) is 4.50. The molecular formula is C20H20N6O. The summed E-state index contributed by atoms with van der Waals surface area (Å²) in [6.07, 6.45) is 2.84. The number of benzene rings is 2. The van der Waals surface area contributed by atoms with E-state index in [-0.39, 0.29) is 12.3 Å². The predicted molar refractivity (Wildman–Crippen MR) is 102 cm³/mol. The van der Waals surface area contributed by atoms with Crippen molar-refractivity contribution in [3.8, 4) is 0 Å². The number of para-hydroxylation sites is 1. The number of nitrogens with one attached hydrogen (secondary N) is 2. The predicted octanol–water partition coefficient (Wildman–Crippen LogP) is 2.26. The molecule has 1 amide bonds. The van der Waals surface area contributed by atoms with Crippen LogP contribution in [0.25, 0.3) is 10.9 Å². The number of aromatic amines is 1. The van der Waals surface area contributed by atoms with Crippen LogP contribution < -0.4 is 5.32 Å². The van der Waals surface area contributed by atoms with Gasteiger partial charge in [-0.15, -0.1) is 10.2 Å². The molecule has 0 saturated heterocycles. The molecule has 0 unspecified atom stereocenters. The van der Waals surface area contributed by atoms with Gasteiger partial charge in [0, 0.05) is 11.9 Å². The van der Waals surface area contributed by atoms with Crippen LogP contribution in [0.3, 0.4) is 0 Å². The first-order chi connectivity index (χ1) is 13.3. The van der Waals surface area contributed by atoms with Gasteiger partial charge in [-0.25, -0.2) is 0 Å². The highest BCUT2D eigenvalue weighted by Gasteiger charge is 2.11. The van der Waals surface area contributed by atoms with E-state index in [4.69, 9.17) is 0 Å². The fourth-order valence-corrected chi connectivity index (χ4v) is 3.05. The number of hydrogen-bond donors (Lipinski definition) is 2. The highest BCUT2D eigenvalue weighted by molar-refractivity contribution is 5.87. The van der Waals surface area contributed by atoms with E-state index >= 15 is 0 Å². The average molecular weight is 360 g/mol. The molecular weight excluding hydrogens is 340 g/mol. The Morgan fingerprint density at radius 2 is 1.89 bits per heavy atom. The zero-order valence-electron chi connectivity index (χ0n) is 14.8. The lowest BCUT2D eigenvalue weighted by atomic mass is 10.1. The molecule has 27 heavy (non-hydrogen) atoms. The first-order valence-electron chi connectivity index (χ1n) is 8.89. The van der Waals surface area contributed by atoms with Crippen LogP contribution in [0.1, 0.15) is 17.1 Å². The van der Waals surface area contributed by atoms with E-state index in [0.29, 0.717) is 6.54 Å². The molecule has 2 heterocycles. The lowest BCUT2D eigenvalue weighted by Crippen LogP contribution is -2.26. The number of carbonyl (C=O) groups excluding carboxylic acids is 1. The lowest BCUT2D eigenvalue weighted by molar-refractivity contribution is -0.120. The van der Waals surface area contributed by atoms with Crippen LogP contribution in [0.4, 0.5) is 0 Å². The molecule has 0 aliphatic heterocycles. The highest BCUT2D eigenvalue weighted by Crippen LogP contribution is 2.15. The maximum Gasteiger partial charge on any atom is 0.226 e. The molecule has 2 N–H and O–H groups in total. The second-order valence-electron chi connectivity index (χ2n) is 6.35. The van der Waals surface area contributed by atoms with Crippen molar-refractivity contribution in [2.24, 2.45) is 0 Å². The van der Waals surface area contributed by atoms with Crippen LogP contribution in [-0.4, -0.2) is 30.9 Å². The van der Waals surface area contributed by atoms with Crippen LogP contribution in [0.5, 0.6) is 0 Å². The van der Waals surface area contributed by atoms with Gasteiger partial charge < -0.3 is 9.88 Å². The molecule has 0 saturated carbocycles. The molecule has 0 atom stereocenters. The van der Waals surface area contributed by atoms with Gasteiger partial charge in [0.2, 0.25) is 5.91 Å². The molecule has 136 valence electrons. The van der Waals surface area contributed by atoms with E-state index in [0.717, 1.165) is 35.4 Å². The average Bonchev–Trinajstić information content (AvgIpc) is 3.33. The Balaban J connectivity index is 1.33. The van der Waals surface area contributed by atoms with Gasteiger partial charge in [-0.1, -0.05) is 48.5 Å². The third-order valence-corrected chi connectivity index (χ3v) is 4.50. The molecule has 7 heteroatoms. The molecule has 4 aromatic rings. The number of H-pyrrole nitrogens is 1. The molecule has 2 aromatic carbocycles. The van der Waals surface area contributed by atoms with Crippen molar-refractivity contribution < 1.29 is 4.79 Å². The lowest BCUT2D eigenvalue weighted by Gasteiger charge is -2.08. The number of amides is 1. The first-order valence-corrected chi connectivity index (χ1v) is 8.89. The highest BCUT2D eigenvalue weighted by atomic mass is 16.1. The zero-order chi connectivity index (χ0) is 18.5. The third kappa shape index (κ3) is 4.03. The fraction of sp³-hybridized carbons (Fsp3) is 0.200. The minimum Gasteiger partial charge on any atom is -0.348 e. The summed E-state index contributed by atoms with van der Waals surface area (Å²) >= 11 is 0. The minimum atomic E-state index is -0.0815. The van der Waals surface area contributed by atoms with Gasteiger partial charge in [-0.3, -0.25) is 9.89 Å². The van der Waals surface area contributed by atoms with E-state index in [1.807, 2.05) is 47.0 Å². The number of aryl methyl sites for hydroxylation is 2. The van der Waals surface area contributed by atoms with E-state index in [1.165, 1.54) is 5.56 Å². The number of aromatic nitrogens is 5. The summed E-state index contributed by atoms with van der Waals surface area (Å²) in [6.45, 7) is 1.12. The standard InChI is InChI=1S/C20H20N6O/c27-20(12-18-16-8-4-5-9-17(16)23-24-18)21-13-19-25-22-14-26(19)11-10-15-6-2-1-3-7-15/h1-9,14H,10-13H2,(H,21,27)(H,23,24). The molecule has 0 fully saturated rings. The van der Waals surface area contributed by atoms with Crippen LogP contribution >= 0.6 is 0 Å². The van der Waals surface area contributed by atoms with Gasteiger partial charge in [0.1, 0.15) is 6.33 Å². The Morgan fingerprint density at radius 1 is 1.07 bits per heavy atom. The molecule has 2 aromatic heterocycles. The second kappa shape index (κ2) is 7.82. The Morgan fingerprint density at radius 3 is 2.78 bits per heavy atom. The van der Waals surface area contributed by atoms with Crippen molar-refractivity contribution >= 4 is 16.8 Å². The molecule has 0 aliphatic rings. The van der Waals surface area contributed by atoms with Gasteiger partial charge >= 0.3 is 0 Å². The van der Waals surface area contributed by atoms with Gasteiger partial charge in [-0.05, 0) is 18.1 Å². The first kappa shape index (κ1) is 17.0. The monoisotopic (exact) mass is 360 g/mol. The van der Waals surface area contributed by atoms with E-state index in [2.05, 4.69) is 37.8 Å². The van der Waals surface area contributed by atoms with Gasteiger partial charge in [0.25, 0.3) is 0 Å². The SMILES string of the molecule is O=C(Cc1[nH]nc2ccccc12)NCc1nncn1CCc1ccccc1. The summed E-state index contributed by atoms with van der Waals surface area (Å²) in [5, 5.41) is 19.1. The largest absolute Gasteiger partial charge is 0.348 e. The van der Waals surface area contributed by atoms with Crippen molar-refractivity contribution in [1.82, 2.24) is 30.3 Å². The normalized spacial score (nSPS) is 11.0. The molecule has 0 radical (unpaired) electrons. The minimum absolute atomic E-state index is 0.0815. The molecule has 0 aliphatic carbocycles. The summed E-state index contributed by atoms with van der Waals surface area (Å²) in [5.41, 5.74) is 2.93. The molecule has 0 bridgehead atoms. The van der Waals surface area contributed by atoms with Crippen LogP contribution in [0.15, 0.2) is 60.9 Å². The van der Waals surface area contributed by atoms with Gasteiger partial charge in [0.05, 0.1) is 24.2 Å². The van der Waals surface area contributed by atoms with Crippen LogP contribution in [0.2, 0.25) is 0 Å². The van der Waals surface area contributed by atoms with Gasteiger partial charge in [0.15, 0.2) is 5.82 Å². The van der Waals surface area contributed by atoms with Crippen LogP contribution in [0, 0.1) is 0 Å². The molecule has 7 nitrogen and oxygen atoms in total. The maximum absolute atomic E-state index is 12.3. The van der Waals surface area contributed by atoms with E-state index in [9.17, 15) is 4.79 Å². The topological polar surface area (TPSA) is 88.5 Å². The molecule has 4 rings (SSSR count). The molecule has 0 spiro atoms. The number of carbonyl (C=O) groups is 1. The van der Waals surface area contributed by atoms with Crippen LogP contribution in [-0.2, 0) is 30.7 Å². The summed E-state index contributed by atoms with van der Waals surface area (Å²) in [7, 11) is 0. The van der Waals surface area contributed by atoms with Crippen molar-refractivity contribution in [1.29, 1.82) is 0 Å².